The number of aliphatic carboxylic acids is 1. The normalized spacial score (nSPS) is 17.3. The summed E-state index contributed by atoms with van der Waals surface area (Å²) in [6, 6.07) is 15.8. The third-order valence-electron chi connectivity index (χ3n) is 7.09. The Morgan fingerprint density at radius 2 is 1.59 bits per heavy atom. The first-order valence-electron chi connectivity index (χ1n) is 11.9. The molecule has 2 aliphatic carbocycles. The number of rotatable bonds is 9. The van der Waals surface area contributed by atoms with Crippen LogP contribution in [0.4, 0.5) is 4.79 Å². The summed E-state index contributed by atoms with van der Waals surface area (Å²) < 4.78 is 5.61. The minimum absolute atomic E-state index is 0.0164. The Bertz CT molecular complexity index is 1050. The SMILES string of the molecule is CC(C)[C@@H](CC(=O)NC(C)(C(=O)O)C1CC1)NC(=O)OCC1c2ccccc2-c2ccccc21. The molecule has 34 heavy (non-hydrogen) atoms. The van der Waals surface area contributed by atoms with Gasteiger partial charge in [0.25, 0.3) is 0 Å². The molecule has 0 saturated heterocycles. The Morgan fingerprint density at radius 1 is 1.03 bits per heavy atom. The van der Waals surface area contributed by atoms with Gasteiger partial charge in [0.05, 0.1) is 0 Å². The van der Waals surface area contributed by atoms with Crippen molar-refractivity contribution in [3.63, 3.8) is 0 Å². The molecule has 7 heteroatoms. The summed E-state index contributed by atoms with van der Waals surface area (Å²) in [5.74, 6) is -1.57. The minimum atomic E-state index is -1.28. The van der Waals surface area contributed by atoms with Gasteiger partial charge >= 0.3 is 12.1 Å². The third kappa shape index (κ3) is 4.79. The molecule has 2 amide bonds. The van der Waals surface area contributed by atoms with E-state index in [9.17, 15) is 19.5 Å². The molecule has 0 radical (unpaired) electrons. The Balaban J connectivity index is 1.37. The number of amides is 2. The summed E-state index contributed by atoms with van der Waals surface area (Å²) in [6.45, 7) is 5.54. The van der Waals surface area contributed by atoms with Crippen molar-refractivity contribution in [2.45, 2.75) is 57.5 Å². The van der Waals surface area contributed by atoms with E-state index in [0.29, 0.717) is 0 Å². The van der Waals surface area contributed by atoms with Crippen molar-refractivity contribution in [1.82, 2.24) is 10.6 Å². The fraction of sp³-hybridized carbons (Fsp3) is 0.444. The molecule has 3 N–H and O–H groups in total. The van der Waals surface area contributed by atoms with Gasteiger partial charge in [-0.1, -0.05) is 62.4 Å². The highest BCUT2D eigenvalue weighted by Crippen LogP contribution is 2.44. The second kappa shape index (κ2) is 9.49. The lowest BCUT2D eigenvalue weighted by atomic mass is 9.94. The molecule has 7 nitrogen and oxygen atoms in total. The number of carboxylic acid groups (broad SMARTS) is 1. The van der Waals surface area contributed by atoms with Crippen LogP contribution in [0, 0.1) is 11.8 Å². The van der Waals surface area contributed by atoms with Gasteiger partial charge in [0, 0.05) is 18.4 Å². The molecular formula is C27H32N2O5. The smallest absolute Gasteiger partial charge is 0.407 e. The van der Waals surface area contributed by atoms with Crippen LogP contribution in [0.25, 0.3) is 11.1 Å². The van der Waals surface area contributed by atoms with E-state index in [-0.39, 0.29) is 30.8 Å². The molecule has 2 atom stereocenters. The van der Waals surface area contributed by atoms with Crippen molar-refractivity contribution >= 4 is 18.0 Å². The van der Waals surface area contributed by atoms with Gasteiger partial charge in [0.15, 0.2) is 0 Å². The topological polar surface area (TPSA) is 105 Å². The van der Waals surface area contributed by atoms with Crippen LogP contribution >= 0.6 is 0 Å². The molecule has 0 spiro atoms. The molecule has 2 aromatic carbocycles. The van der Waals surface area contributed by atoms with Crippen LogP contribution in [0.5, 0.6) is 0 Å². The van der Waals surface area contributed by atoms with E-state index in [1.54, 1.807) is 6.92 Å². The van der Waals surface area contributed by atoms with Gasteiger partial charge in [-0.25, -0.2) is 9.59 Å². The van der Waals surface area contributed by atoms with Crippen LogP contribution in [0.3, 0.4) is 0 Å². The molecule has 0 heterocycles. The number of carboxylic acids is 1. The van der Waals surface area contributed by atoms with Crippen LogP contribution in [0.2, 0.25) is 0 Å². The molecule has 0 aliphatic heterocycles. The van der Waals surface area contributed by atoms with Gasteiger partial charge in [-0.3, -0.25) is 4.79 Å². The lowest BCUT2D eigenvalue weighted by molar-refractivity contribution is -0.148. The summed E-state index contributed by atoms with van der Waals surface area (Å²) in [5.41, 5.74) is 3.29. The zero-order chi connectivity index (χ0) is 24.5. The quantitative estimate of drug-likeness (QED) is 0.513. The molecular weight excluding hydrogens is 432 g/mol. The molecule has 4 rings (SSSR count). The van der Waals surface area contributed by atoms with Crippen LogP contribution in [0.1, 0.15) is 57.1 Å². The highest BCUT2D eigenvalue weighted by Gasteiger charge is 2.48. The average Bonchev–Trinajstić information content (AvgIpc) is 3.61. The maximum absolute atomic E-state index is 12.7. The van der Waals surface area contributed by atoms with E-state index in [0.717, 1.165) is 35.1 Å². The number of carbonyl (C=O) groups excluding carboxylic acids is 2. The summed E-state index contributed by atoms with van der Waals surface area (Å²) in [6.07, 6.45) is 0.970. The van der Waals surface area contributed by atoms with E-state index in [4.69, 9.17) is 4.74 Å². The number of alkyl carbamates (subject to hydrolysis) is 1. The lowest BCUT2D eigenvalue weighted by Crippen LogP contribution is -2.55. The summed E-state index contributed by atoms with van der Waals surface area (Å²) in [4.78, 5) is 37.1. The number of benzene rings is 2. The highest BCUT2D eigenvalue weighted by molar-refractivity contribution is 5.88. The first-order chi connectivity index (χ1) is 16.2. The summed E-state index contributed by atoms with van der Waals surface area (Å²) >= 11 is 0. The molecule has 1 fully saturated rings. The Hall–Kier alpha value is -3.35. The standard InChI is InChI=1S/C27H32N2O5/c1-16(2)23(14-24(30)29-27(3,25(31)32)17-12-13-17)28-26(33)34-15-22-20-10-6-4-8-18(20)19-9-5-7-11-21(19)22/h4-11,16-17,22-23H,12-15H2,1-3H3,(H,28,33)(H,29,30)(H,31,32)/t23-,27?/m1/s1. The number of carbonyl (C=O) groups is 3. The van der Waals surface area contributed by atoms with Crippen molar-refractivity contribution in [1.29, 1.82) is 0 Å². The fourth-order valence-corrected chi connectivity index (χ4v) is 4.78. The zero-order valence-electron chi connectivity index (χ0n) is 19.8. The molecule has 2 aliphatic rings. The molecule has 0 aromatic heterocycles. The predicted molar refractivity (Wildman–Crippen MR) is 128 cm³/mol. The first-order valence-corrected chi connectivity index (χ1v) is 11.9. The number of hydrogen-bond donors (Lipinski definition) is 3. The van der Waals surface area contributed by atoms with Crippen LogP contribution in [-0.2, 0) is 14.3 Å². The van der Waals surface area contributed by atoms with Crippen molar-refractivity contribution < 1.29 is 24.2 Å². The Kier molecular flexibility index (Phi) is 6.64. The van der Waals surface area contributed by atoms with Crippen molar-refractivity contribution in [2.75, 3.05) is 6.61 Å². The summed E-state index contributed by atoms with van der Waals surface area (Å²) in [7, 11) is 0. The Morgan fingerprint density at radius 3 is 2.09 bits per heavy atom. The Labute approximate surface area is 199 Å². The van der Waals surface area contributed by atoms with Crippen LogP contribution in [-0.4, -0.2) is 41.3 Å². The monoisotopic (exact) mass is 464 g/mol. The molecule has 2 aromatic rings. The van der Waals surface area contributed by atoms with E-state index >= 15 is 0 Å². The maximum Gasteiger partial charge on any atom is 0.407 e. The van der Waals surface area contributed by atoms with E-state index in [1.165, 1.54) is 0 Å². The highest BCUT2D eigenvalue weighted by atomic mass is 16.5. The molecule has 1 unspecified atom stereocenters. The number of hydrogen-bond acceptors (Lipinski definition) is 4. The predicted octanol–water partition coefficient (Wildman–Crippen LogP) is 4.31. The van der Waals surface area contributed by atoms with Crippen molar-refractivity contribution in [2.24, 2.45) is 11.8 Å². The van der Waals surface area contributed by atoms with E-state index < -0.39 is 29.6 Å². The maximum atomic E-state index is 12.7. The zero-order valence-corrected chi connectivity index (χ0v) is 19.8. The van der Waals surface area contributed by atoms with E-state index in [2.05, 4.69) is 34.9 Å². The minimum Gasteiger partial charge on any atom is -0.480 e. The number of ether oxygens (including phenoxy) is 1. The van der Waals surface area contributed by atoms with Gasteiger partial charge in [0.1, 0.15) is 12.1 Å². The molecule has 1 saturated carbocycles. The molecule has 0 bridgehead atoms. The molecule has 180 valence electrons. The van der Waals surface area contributed by atoms with Gasteiger partial charge in [-0.15, -0.1) is 0 Å². The lowest BCUT2D eigenvalue weighted by Gasteiger charge is -2.28. The van der Waals surface area contributed by atoms with Gasteiger partial charge in [0.2, 0.25) is 5.91 Å². The number of nitrogens with one attached hydrogen (secondary N) is 2. The second-order valence-corrected chi connectivity index (χ2v) is 9.85. The van der Waals surface area contributed by atoms with E-state index in [1.807, 2.05) is 38.1 Å². The van der Waals surface area contributed by atoms with Crippen LogP contribution < -0.4 is 10.6 Å². The van der Waals surface area contributed by atoms with Crippen LogP contribution in [0.15, 0.2) is 48.5 Å². The first kappa shape index (κ1) is 23.8. The van der Waals surface area contributed by atoms with Gasteiger partial charge in [-0.2, -0.15) is 0 Å². The third-order valence-corrected chi connectivity index (χ3v) is 7.09. The second-order valence-electron chi connectivity index (χ2n) is 9.85. The summed E-state index contributed by atoms with van der Waals surface area (Å²) in [5, 5.41) is 15.1. The largest absolute Gasteiger partial charge is 0.480 e. The number of fused-ring (bicyclic) bond motifs is 3. The van der Waals surface area contributed by atoms with Crippen molar-refractivity contribution in [3.8, 4) is 11.1 Å². The van der Waals surface area contributed by atoms with Gasteiger partial charge < -0.3 is 20.5 Å². The van der Waals surface area contributed by atoms with Crippen molar-refractivity contribution in [3.05, 3.63) is 59.7 Å². The van der Waals surface area contributed by atoms with Gasteiger partial charge in [-0.05, 0) is 53.9 Å². The fourth-order valence-electron chi connectivity index (χ4n) is 4.78. The average molecular weight is 465 g/mol.